The molecular formula is C30H64Cl3OPS4. The van der Waals surface area contributed by atoms with Crippen LogP contribution in [0, 0.1) is 0 Å². The zero-order chi connectivity index (χ0) is 30.0. The maximum atomic E-state index is 9.51. The van der Waals surface area contributed by atoms with Crippen molar-refractivity contribution in [2.45, 2.75) is 154 Å². The number of halogens is 3. The van der Waals surface area contributed by atoms with Gasteiger partial charge in [0, 0.05) is 33.5 Å². The molecular weight excluding hydrogens is 642 g/mol. The van der Waals surface area contributed by atoms with E-state index in [1.54, 1.807) is 0 Å². The number of unbranched alkanes of at least 4 members (excludes halogenated alkanes) is 14. The fraction of sp³-hybridized carbons (Fsp3) is 1.00. The minimum atomic E-state index is -3.22. The van der Waals surface area contributed by atoms with Crippen molar-refractivity contribution in [3.63, 3.8) is 0 Å². The van der Waals surface area contributed by atoms with Gasteiger partial charge in [-0.1, -0.05) is 130 Å². The first kappa shape index (κ1) is 45.9. The molecule has 0 aromatic heterocycles. The Hall–Kier alpha value is 2.50. The summed E-state index contributed by atoms with van der Waals surface area (Å²) >= 11 is 22.1. The molecule has 2 unspecified atom stereocenters. The van der Waals surface area contributed by atoms with Crippen LogP contribution in [0.2, 0.25) is 0 Å². The van der Waals surface area contributed by atoms with E-state index in [0.29, 0.717) is 0 Å². The summed E-state index contributed by atoms with van der Waals surface area (Å²) in [5.74, 6) is 5.29. The summed E-state index contributed by atoms with van der Waals surface area (Å²) in [5, 5.41) is -1.49. The van der Waals surface area contributed by atoms with Gasteiger partial charge >= 0.3 is 5.20 Å². The normalized spacial score (nSPS) is 12.7. The topological polar surface area (TPSA) is 17.1 Å². The van der Waals surface area contributed by atoms with Crippen LogP contribution in [0.25, 0.3) is 0 Å². The summed E-state index contributed by atoms with van der Waals surface area (Å²) in [4.78, 5) is 0. The highest BCUT2D eigenvalue weighted by Gasteiger charge is 2.06. The van der Waals surface area contributed by atoms with Gasteiger partial charge in [-0.25, -0.2) is 0 Å². The van der Waals surface area contributed by atoms with Crippen LogP contribution < -0.4 is 0 Å². The van der Waals surface area contributed by atoms with E-state index < -0.39 is 5.20 Å². The zero-order valence-corrected chi connectivity index (χ0v) is 32.8. The first-order valence-electron chi connectivity index (χ1n) is 15.5. The quantitative estimate of drug-likeness (QED) is 0.0656. The molecule has 0 spiro atoms. The van der Waals surface area contributed by atoms with Crippen LogP contribution in [-0.2, 0) is 4.57 Å². The van der Waals surface area contributed by atoms with Gasteiger partial charge in [0.1, 0.15) is 0 Å². The molecule has 1 nitrogen and oxygen atoms in total. The van der Waals surface area contributed by atoms with E-state index in [0.717, 1.165) is 10.5 Å². The monoisotopic (exact) mass is 704 g/mol. The molecule has 9 heteroatoms. The molecule has 0 saturated heterocycles. The van der Waals surface area contributed by atoms with E-state index in [1.807, 2.05) is 23.5 Å². The maximum Gasteiger partial charge on any atom is 0.339 e. The summed E-state index contributed by atoms with van der Waals surface area (Å²) in [6.07, 6.45) is 30.3. The van der Waals surface area contributed by atoms with Crippen molar-refractivity contribution < 1.29 is 4.57 Å². The summed E-state index contributed by atoms with van der Waals surface area (Å²) in [5.41, 5.74) is 0. The highest BCUT2D eigenvalue weighted by Crippen LogP contribution is 2.61. The van der Waals surface area contributed by atoms with E-state index in [-0.39, 0.29) is 0 Å². The minimum absolute atomic E-state index is 0.865. The Labute approximate surface area is 277 Å². The SMILES string of the molecule is CCCCCCCCCCC(C)SCCSC(C)CCCCCCCCCC.CSCCSC.O=P(Cl)(Cl)Cl. The van der Waals surface area contributed by atoms with E-state index in [2.05, 4.69) is 97.5 Å². The molecule has 0 bridgehead atoms. The Morgan fingerprint density at radius 2 is 0.769 bits per heavy atom. The molecule has 0 saturated carbocycles. The van der Waals surface area contributed by atoms with E-state index in [4.69, 9.17) is 0 Å². The summed E-state index contributed by atoms with van der Waals surface area (Å²) < 4.78 is 9.51. The first-order valence-corrected chi connectivity index (χ1v) is 24.8. The average Bonchev–Trinajstić information content (AvgIpc) is 2.88. The van der Waals surface area contributed by atoms with Crippen LogP contribution >= 0.6 is 86.0 Å². The smallest absolute Gasteiger partial charge is 0.271 e. The molecule has 0 aliphatic heterocycles. The van der Waals surface area contributed by atoms with Crippen LogP contribution in [0.4, 0.5) is 0 Å². The Bertz CT molecular complexity index is 447. The molecule has 0 aliphatic rings. The molecule has 39 heavy (non-hydrogen) atoms. The van der Waals surface area contributed by atoms with Crippen molar-refractivity contribution in [1.82, 2.24) is 0 Å². The van der Waals surface area contributed by atoms with E-state index in [1.165, 1.54) is 139 Å². The number of thioether (sulfide) groups is 4. The highest BCUT2D eigenvalue weighted by molar-refractivity contribution is 8.24. The van der Waals surface area contributed by atoms with E-state index in [9.17, 15) is 4.57 Å². The van der Waals surface area contributed by atoms with Crippen molar-refractivity contribution in [2.75, 3.05) is 35.5 Å². The second-order valence-corrected chi connectivity index (χ2v) is 22.0. The van der Waals surface area contributed by atoms with Gasteiger partial charge in [-0.15, -0.1) is 0 Å². The maximum absolute atomic E-state index is 9.51. The van der Waals surface area contributed by atoms with Crippen LogP contribution in [0.3, 0.4) is 0 Å². The minimum Gasteiger partial charge on any atom is -0.271 e. The molecule has 0 amide bonds. The van der Waals surface area contributed by atoms with Gasteiger partial charge in [0.25, 0.3) is 0 Å². The molecule has 0 rings (SSSR count). The summed E-state index contributed by atoms with van der Waals surface area (Å²) in [6.45, 7) is 9.49. The molecule has 2 atom stereocenters. The third kappa shape index (κ3) is 56.8. The largest absolute Gasteiger partial charge is 0.339 e. The lowest BCUT2D eigenvalue weighted by Gasteiger charge is -2.13. The van der Waals surface area contributed by atoms with Gasteiger partial charge in [0.15, 0.2) is 0 Å². The van der Waals surface area contributed by atoms with Crippen molar-refractivity contribution in [3.05, 3.63) is 0 Å². The van der Waals surface area contributed by atoms with Crippen LogP contribution in [0.15, 0.2) is 0 Å². The van der Waals surface area contributed by atoms with E-state index >= 15 is 0 Å². The van der Waals surface area contributed by atoms with Gasteiger partial charge in [0.05, 0.1) is 0 Å². The van der Waals surface area contributed by atoms with Gasteiger partial charge in [-0.2, -0.15) is 47.0 Å². The number of hydrogen-bond donors (Lipinski definition) is 0. The van der Waals surface area contributed by atoms with Crippen LogP contribution in [0.1, 0.15) is 143 Å². The Morgan fingerprint density at radius 1 is 0.513 bits per heavy atom. The predicted octanol–water partition coefficient (Wildman–Crippen LogP) is 14.8. The second kappa shape index (κ2) is 38.5. The fourth-order valence-corrected chi connectivity index (χ4v) is 7.54. The molecule has 240 valence electrons. The average molecular weight is 706 g/mol. The van der Waals surface area contributed by atoms with Gasteiger partial charge < -0.3 is 0 Å². The van der Waals surface area contributed by atoms with Gasteiger partial charge in [0.2, 0.25) is 0 Å². The van der Waals surface area contributed by atoms with Crippen molar-refractivity contribution in [2.24, 2.45) is 0 Å². The number of hydrogen-bond acceptors (Lipinski definition) is 5. The van der Waals surface area contributed by atoms with Crippen molar-refractivity contribution in [1.29, 1.82) is 0 Å². The molecule has 0 aromatic carbocycles. The lowest BCUT2D eigenvalue weighted by Crippen LogP contribution is -2.02. The molecule has 0 radical (unpaired) electrons. The third-order valence-corrected chi connectivity index (χ3v) is 10.5. The predicted molar refractivity (Wildman–Crippen MR) is 200 cm³/mol. The fourth-order valence-electron chi connectivity index (χ4n) is 3.96. The molecule has 0 N–H and O–H groups in total. The lowest BCUT2D eigenvalue weighted by atomic mass is 10.1. The number of rotatable bonds is 26. The lowest BCUT2D eigenvalue weighted by molar-refractivity contribution is 0.564. The molecule has 0 heterocycles. The molecule has 0 aromatic rings. The molecule has 0 aliphatic carbocycles. The van der Waals surface area contributed by atoms with Crippen LogP contribution in [0.5, 0.6) is 0 Å². The first-order chi connectivity index (χ1) is 18.6. The molecule has 0 fully saturated rings. The van der Waals surface area contributed by atoms with Crippen molar-refractivity contribution >= 4 is 86.0 Å². The third-order valence-electron chi connectivity index (χ3n) is 6.31. The Morgan fingerprint density at radius 3 is 1.03 bits per heavy atom. The second-order valence-electron chi connectivity index (χ2n) is 10.3. The summed E-state index contributed by atoms with van der Waals surface area (Å²) in [7, 11) is 0. The summed E-state index contributed by atoms with van der Waals surface area (Å²) in [6, 6.07) is 0. The van der Waals surface area contributed by atoms with Gasteiger partial charge in [-0.05, 0) is 59.1 Å². The standard InChI is InChI=1S/C26H54S2.C4H10S2.Cl3OP/c1-5-7-9-11-13-15-17-19-21-25(3)27-23-24-28-26(4)22-20-18-16-14-12-10-8-6-2;1-5-3-4-6-2;1-5(2,3)4/h25-26H,5-24H2,1-4H3;3-4H2,1-2H3;. The van der Waals surface area contributed by atoms with Crippen molar-refractivity contribution in [3.8, 4) is 0 Å². The van der Waals surface area contributed by atoms with Gasteiger partial charge in [-0.3, -0.25) is 4.57 Å². The Balaban J connectivity index is -0.000000981. The highest BCUT2D eigenvalue weighted by atomic mass is 36.0. The zero-order valence-electron chi connectivity index (χ0n) is 26.3. The Kier molecular flexibility index (Phi) is 45.4. The van der Waals surface area contributed by atoms with Crippen LogP contribution in [-0.4, -0.2) is 46.0 Å².